The van der Waals surface area contributed by atoms with Gasteiger partial charge in [0, 0.05) is 69.6 Å². The number of hydrogen-bond donors (Lipinski definition) is 0. The van der Waals surface area contributed by atoms with Crippen molar-refractivity contribution in [1.29, 1.82) is 0 Å². The summed E-state index contributed by atoms with van der Waals surface area (Å²) in [6, 6.07) is 79.3. The molecule has 0 radical (unpaired) electrons. The molecule has 3 nitrogen and oxygen atoms in total. The highest BCUT2D eigenvalue weighted by Crippen LogP contribution is 2.50. The third-order valence-electron chi connectivity index (χ3n) is 12.6. The maximum atomic E-state index is 6.60. The van der Waals surface area contributed by atoms with Crippen LogP contribution in [0.3, 0.4) is 0 Å². The molecule has 290 valence electrons. The molecule has 0 aliphatic carbocycles. The largest absolute Gasteiger partial charge is 0.455 e. The Balaban J connectivity index is 1.10. The van der Waals surface area contributed by atoms with E-state index < -0.39 is 0 Å². The van der Waals surface area contributed by atoms with Crippen molar-refractivity contribution >= 4 is 103 Å². The summed E-state index contributed by atoms with van der Waals surface area (Å²) in [5, 5.41) is 9.66. The summed E-state index contributed by atoms with van der Waals surface area (Å²) in [4.78, 5) is 2.48. The van der Waals surface area contributed by atoms with Crippen LogP contribution in [0.15, 0.2) is 223 Å². The van der Waals surface area contributed by atoms with Gasteiger partial charge in [0.05, 0.1) is 22.4 Å². The first-order valence-electron chi connectivity index (χ1n) is 21.1. The maximum Gasteiger partial charge on any atom is 0.143 e. The molecule has 0 bridgehead atoms. The number of benzene rings is 10. The lowest BCUT2D eigenvalue weighted by molar-refractivity contribution is 0.670. The second kappa shape index (κ2) is 13.8. The zero-order chi connectivity index (χ0) is 40.7. The van der Waals surface area contributed by atoms with Crippen LogP contribution in [0.2, 0.25) is 0 Å². The molecule has 4 heteroatoms. The van der Waals surface area contributed by atoms with Crippen molar-refractivity contribution in [3.05, 3.63) is 218 Å². The van der Waals surface area contributed by atoms with Crippen molar-refractivity contribution in [2.75, 3.05) is 4.90 Å². The predicted molar refractivity (Wildman–Crippen MR) is 264 cm³/mol. The zero-order valence-corrected chi connectivity index (χ0v) is 34.3. The number of furan rings is 1. The Morgan fingerprint density at radius 3 is 1.92 bits per heavy atom. The molecule has 10 aromatic carbocycles. The third-order valence-corrected chi connectivity index (χ3v) is 13.8. The lowest BCUT2D eigenvalue weighted by atomic mass is 9.97. The van der Waals surface area contributed by atoms with Gasteiger partial charge in [0.25, 0.3) is 0 Å². The summed E-state index contributed by atoms with van der Waals surface area (Å²) in [5.41, 5.74) is 13.1. The average molecular weight is 809 g/mol. The number of rotatable bonds is 6. The van der Waals surface area contributed by atoms with Crippen LogP contribution >= 0.6 is 11.3 Å². The Labute approximate surface area is 361 Å². The summed E-state index contributed by atoms with van der Waals surface area (Å²) < 4.78 is 11.6. The standard InChI is InChI=1S/C58H36N2OS/c1-2-21-42-37(15-1)16-13-30-50(42)60(40-19-11-17-38(35-40)43-26-14-27-48-46-24-5-9-31-54(46)61-57(43)48)53-34-33-49-47-25-6-10-32-55(47)62-58(49)56(53)39-18-12-20-41(36-39)59-51-28-7-3-22-44(51)45-23-4-8-29-52(45)59/h1-36H. The van der Waals surface area contributed by atoms with Crippen LogP contribution in [0, 0.1) is 0 Å². The predicted octanol–water partition coefficient (Wildman–Crippen LogP) is 17.0. The molecular weight excluding hydrogens is 773 g/mol. The van der Waals surface area contributed by atoms with Crippen LogP contribution in [0.4, 0.5) is 17.1 Å². The van der Waals surface area contributed by atoms with E-state index in [9.17, 15) is 0 Å². The van der Waals surface area contributed by atoms with Gasteiger partial charge in [-0.05, 0) is 77.2 Å². The van der Waals surface area contributed by atoms with E-state index in [1.165, 1.54) is 58.3 Å². The first-order valence-corrected chi connectivity index (χ1v) is 21.9. The topological polar surface area (TPSA) is 21.3 Å². The van der Waals surface area contributed by atoms with Crippen LogP contribution in [-0.2, 0) is 0 Å². The van der Waals surface area contributed by atoms with Crippen molar-refractivity contribution < 1.29 is 4.42 Å². The third kappa shape index (κ3) is 5.30. The SMILES string of the molecule is c1cc(-c2cccc3c2oc2ccccc23)cc(N(c2ccc3c(sc4ccccc43)c2-c2cccc(-n3c4ccccc4c4ccccc43)c2)c2cccc3ccccc23)c1. The molecule has 13 aromatic rings. The lowest BCUT2D eigenvalue weighted by Crippen LogP contribution is -2.12. The summed E-state index contributed by atoms with van der Waals surface area (Å²) in [6.45, 7) is 0. The minimum Gasteiger partial charge on any atom is -0.455 e. The summed E-state index contributed by atoms with van der Waals surface area (Å²) in [6.07, 6.45) is 0. The number of anilines is 3. The molecule has 13 rings (SSSR count). The van der Waals surface area contributed by atoms with Crippen LogP contribution in [0.25, 0.3) is 103 Å². The van der Waals surface area contributed by atoms with Crippen LogP contribution < -0.4 is 4.90 Å². The highest BCUT2D eigenvalue weighted by atomic mass is 32.1. The Hall–Kier alpha value is -7.92. The van der Waals surface area contributed by atoms with E-state index >= 15 is 0 Å². The van der Waals surface area contributed by atoms with Crippen molar-refractivity contribution in [3.63, 3.8) is 0 Å². The summed E-state index contributed by atoms with van der Waals surface area (Å²) >= 11 is 1.87. The second-order valence-corrected chi connectivity index (χ2v) is 17.1. The van der Waals surface area contributed by atoms with Gasteiger partial charge in [-0.1, -0.05) is 158 Å². The van der Waals surface area contributed by atoms with Crippen LogP contribution in [0.1, 0.15) is 0 Å². The highest BCUT2D eigenvalue weighted by molar-refractivity contribution is 7.26. The van der Waals surface area contributed by atoms with Gasteiger partial charge in [-0.3, -0.25) is 0 Å². The molecule has 0 spiro atoms. The van der Waals surface area contributed by atoms with E-state index in [1.807, 2.05) is 17.4 Å². The molecule has 0 aliphatic rings. The first-order chi connectivity index (χ1) is 30.8. The molecule has 3 aromatic heterocycles. The van der Waals surface area contributed by atoms with E-state index in [4.69, 9.17) is 4.42 Å². The first kappa shape index (κ1) is 34.9. The number of para-hydroxylation sites is 4. The van der Waals surface area contributed by atoms with Crippen LogP contribution in [-0.4, -0.2) is 4.57 Å². The van der Waals surface area contributed by atoms with Gasteiger partial charge in [0.1, 0.15) is 11.2 Å². The molecule has 62 heavy (non-hydrogen) atoms. The van der Waals surface area contributed by atoms with Gasteiger partial charge in [0.15, 0.2) is 0 Å². The monoisotopic (exact) mass is 808 g/mol. The Morgan fingerprint density at radius 1 is 0.419 bits per heavy atom. The smallest absolute Gasteiger partial charge is 0.143 e. The molecule has 0 saturated heterocycles. The average Bonchev–Trinajstić information content (AvgIpc) is 4.02. The van der Waals surface area contributed by atoms with Gasteiger partial charge in [0.2, 0.25) is 0 Å². The maximum absolute atomic E-state index is 6.60. The fourth-order valence-electron chi connectivity index (χ4n) is 9.84. The number of hydrogen-bond acceptors (Lipinski definition) is 3. The highest BCUT2D eigenvalue weighted by Gasteiger charge is 2.24. The van der Waals surface area contributed by atoms with Gasteiger partial charge in [-0.15, -0.1) is 11.3 Å². The molecule has 0 fully saturated rings. The van der Waals surface area contributed by atoms with E-state index in [2.05, 4.69) is 222 Å². The fourth-order valence-corrected chi connectivity index (χ4v) is 11.1. The summed E-state index contributed by atoms with van der Waals surface area (Å²) in [7, 11) is 0. The number of thiophene rings is 1. The molecule has 0 amide bonds. The van der Waals surface area contributed by atoms with Crippen molar-refractivity contribution in [3.8, 4) is 27.9 Å². The fraction of sp³-hybridized carbons (Fsp3) is 0. The molecular formula is C58H36N2OS. The van der Waals surface area contributed by atoms with E-state index in [-0.39, 0.29) is 0 Å². The quantitative estimate of drug-likeness (QED) is 0.167. The number of nitrogens with zero attached hydrogens (tertiary/aromatic N) is 2. The molecule has 0 atom stereocenters. The molecule has 0 unspecified atom stereocenters. The van der Waals surface area contributed by atoms with Crippen LogP contribution in [0.5, 0.6) is 0 Å². The van der Waals surface area contributed by atoms with Crippen molar-refractivity contribution in [2.45, 2.75) is 0 Å². The van der Waals surface area contributed by atoms with E-state index in [0.29, 0.717) is 0 Å². The molecule has 0 aliphatic heterocycles. The van der Waals surface area contributed by atoms with E-state index in [1.54, 1.807) is 0 Å². The Bertz CT molecular complexity index is 3850. The Morgan fingerprint density at radius 2 is 1.06 bits per heavy atom. The van der Waals surface area contributed by atoms with Crippen molar-refractivity contribution in [1.82, 2.24) is 4.57 Å². The molecule has 0 saturated carbocycles. The minimum absolute atomic E-state index is 0.896. The van der Waals surface area contributed by atoms with Gasteiger partial charge in [-0.25, -0.2) is 0 Å². The van der Waals surface area contributed by atoms with Crippen molar-refractivity contribution in [2.24, 2.45) is 0 Å². The van der Waals surface area contributed by atoms with E-state index in [0.717, 1.165) is 61.4 Å². The lowest BCUT2D eigenvalue weighted by Gasteiger charge is -2.30. The second-order valence-electron chi connectivity index (χ2n) is 16.0. The number of aromatic nitrogens is 1. The Kier molecular flexibility index (Phi) is 7.78. The number of fused-ring (bicyclic) bond motifs is 10. The molecule has 0 N–H and O–H groups in total. The minimum atomic E-state index is 0.896. The van der Waals surface area contributed by atoms with Gasteiger partial charge < -0.3 is 13.9 Å². The normalized spacial score (nSPS) is 11.9. The molecule has 3 heterocycles. The summed E-state index contributed by atoms with van der Waals surface area (Å²) in [5.74, 6) is 0. The zero-order valence-electron chi connectivity index (χ0n) is 33.5. The van der Waals surface area contributed by atoms with Gasteiger partial charge >= 0.3 is 0 Å². The van der Waals surface area contributed by atoms with Gasteiger partial charge in [-0.2, -0.15) is 0 Å².